The molecular weight excluding hydrogens is 216 g/mol. The predicted molar refractivity (Wildman–Crippen MR) is 53.5 cm³/mol. The lowest BCUT2D eigenvalue weighted by Crippen LogP contribution is -2.36. The van der Waals surface area contributed by atoms with Crippen molar-refractivity contribution in [2.24, 2.45) is 0 Å². The number of alkyl halides is 2. The van der Waals surface area contributed by atoms with E-state index in [-0.39, 0.29) is 12.5 Å². The Hall–Kier alpha value is -1.04. The Morgan fingerprint density at radius 2 is 2.12 bits per heavy atom. The molecule has 1 fully saturated rings. The first-order valence-electron chi connectivity index (χ1n) is 5.46. The van der Waals surface area contributed by atoms with Gasteiger partial charge >= 0.3 is 0 Å². The lowest BCUT2D eigenvalue weighted by Gasteiger charge is -2.29. The quantitative estimate of drug-likeness (QED) is 0.795. The van der Waals surface area contributed by atoms with Crippen molar-refractivity contribution in [3.8, 4) is 0 Å². The van der Waals surface area contributed by atoms with E-state index in [0.29, 0.717) is 24.8 Å². The fourth-order valence-electron chi connectivity index (χ4n) is 2.05. The molecule has 0 spiro atoms. The monoisotopic (exact) mass is 231 g/mol. The van der Waals surface area contributed by atoms with Gasteiger partial charge < -0.3 is 4.52 Å². The van der Waals surface area contributed by atoms with Crippen LogP contribution in [0.2, 0.25) is 0 Å². The molecule has 0 unspecified atom stereocenters. The Bertz CT molecular complexity index is 335. The minimum atomic E-state index is -2.25. The van der Waals surface area contributed by atoms with Crippen molar-refractivity contribution in [3.63, 3.8) is 0 Å². The molecule has 0 N–H and O–H groups in total. The molecule has 1 aliphatic heterocycles. The maximum atomic E-state index is 12.2. The van der Waals surface area contributed by atoms with E-state index in [1.54, 1.807) is 11.8 Å². The van der Waals surface area contributed by atoms with E-state index in [2.05, 4.69) is 10.1 Å². The van der Waals surface area contributed by atoms with Crippen LogP contribution < -0.4 is 0 Å². The average Bonchev–Trinajstić information content (AvgIpc) is 2.65. The smallest absolute Gasteiger partial charge is 0.251 e. The van der Waals surface area contributed by atoms with Crippen LogP contribution in [-0.2, 0) is 0 Å². The van der Waals surface area contributed by atoms with Crippen LogP contribution in [-0.4, -0.2) is 41.1 Å². The van der Waals surface area contributed by atoms with Gasteiger partial charge in [-0.3, -0.25) is 4.90 Å². The van der Waals surface area contributed by atoms with E-state index in [1.807, 2.05) is 0 Å². The number of likely N-dealkylation sites (tertiary alicyclic amines) is 1. The van der Waals surface area contributed by atoms with Gasteiger partial charge in [0.15, 0.2) is 5.82 Å². The number of aromatic nitrogens is 2. The summed E-state index contributed by atoms with van der Waals surface area (Å²) in [5.74, 6) is 1.53. The van der Waals surface area contributed by atoms with Crippen LogP contribution in [0.5, 0.6) is 0 Å². The first-order valence-corrected chi connectivity index (χ1v) is 5.46. The second-order valence-electron chi connectivity index (χ2n) is 4.14. The topological polar surface area (TPSA) is 42.2 Å². The van der Waals surface area contributed by atoms with Gasteiger partial charge in [0.1, 0.15) is 0 Å². The third kappa shape index (κ3) is 2.75. The van der Waals surface area contributed by atoms with Crippen LogP contribution >= 0.6 is 0 Å². The van der Waals surface area contributed by atoms with Gasteiger partial charge in [-0.2, -0.15) is 4.98 Å². The lowest BCUT2D eigenvalue weighted by atomic mass is 9.96. The van der Waals surface area contributed by atoms with E-state index < -0.39 is 6.43 Å². The molecule has 0 radical (unpaired) electrons. The summed E-state index contributed by atoms with van der Waals surface area (Å²) in [5, 5.41) is 3.87. The summed E-state index contributed by atoms with van der Waals surface area (Å²) in [6.45, 7) is 2.99. The third-order valence-electron chi connectivity index (χ3n) is 2.89. The van der Waals surface area contributed by atoms with Gasteiger partial charge in [-0.05, 0) is 25.9 Å². The Balaban J connectivity index is 1.85. The Labute approximate surface area is 92.6 Å². The molecule has 0 aromatic carbocycles. The van der Waals surface area contributed by atoms with E-state index in [0.717, 1.165) is 12.8 Å². The molecule has 0 aliphatic carbocycles. The number of halogens is 2. The molecule has 1 saturated heterocycles. The first kappa shape index (κ1) is 11.4. The van der Waals surface area contributed by atoms with E-state index >= 15 is 0 Å². The highest BCUT2D eigenvalue weighted by molar-refractivity contribution is 4.97. The normalized spacial score (nSPS) is 19.5. The van der Waals surface area contributed by atoms with E-state index in [1.165, 1.54) is 0 Å². The standard InChI is InChI=1S/C10H15F2N3O/c1-7-13-10(14-16-7)8-2-4-15(5-3-8)6-9(11)12/h8-9H,2-6H2,1H3. The molecule has 0 saturated carbocycles. The number of hydrogen-bond donors (Lipinski definition) is 0. The maximum Gasteiger partial charge on any atom is 0.251 e. The van der Waals surface area contributed by atoms with Crippen molar-refractivity contribution in [1.82, 2.24) is 15.0 Å². The van der Waals surface area contributed by atoms with Gasteiger partial charge in [-0.1, -0.05) is 5.16 Å². The summed E-state index contributed by atoms with van der Waals surface area (Å²) in [4.78, 5) is 5.96. The second-order valence-corrected chi connectivity index (χ2v) is 4.14. The van der Waals surface area contributed by atoms with Gasteiger partial charge in [0, 0.05) is 12.8 Å². The summed E-state index contributed by atoms with van der Waals surface area (Å²) >= 11 is 0. The summed E-state index contributed by atoms with van der Waals surface area (Å²) in [6.07, 6.45) is -0.596. The Kier molecular flexibility index (Phi) is 3.48. The van der Waals surface area contributed by atoms with Gasteiger partial charge in [0.25, 0.3) is 6.43 Å². The number of piperidine rings is 1. The lowest BCUT2D eigenvalue weighted by molar-refractivity contribution is 0.0747. The van der Waals surface area contributed by atoms with Crippen LogP contribution in [0.1, 0.15) is 30.5 Å². The number of nitrogens with zero attached hydrogens (tertiary/aromatic N) is 3. The van der Waals surface area contributed by atoms with Gasteiger partial charge in [-0.15, -0.1) is 0 Å². The van der Waals surface area contributed by atoms with Crippen LogP contribution in [0.3, 0.4) is 0 Å². The summed E-state index contributed by atoms with van der Waals surface area (Å²) in [5.41, 5.74) is 0. The average molecular weight is 231 g/mol. The summed E-state index contributed by atoms with van der Waals surface area (Å²) < 4.78 is 29.2. The summed E-state index contributed by atoms with van der Waals surface area (Å²) in [7, 11) is 0. The fraction of sp³-hybridized carbons (Fsp3) is 0.800. The molecule has 4 nitrogen and oxygen atoms in total. The molecule has 90 valence electrons. The molecular formula is C10H15F2N3O. The molecule has 1 aliphatic rings. The van der Waals surface area contributed by atoms with Crippen molar-refractivity contribution < 1.29 is 13.3 Å². The molecule has 16 heavy (non-hydrogen) atoms. The van der Waals surface area contributed by atoms with Gasteiger partial charge in [0.05, 0.1) is 6.54 Å². The highest BCUT2D eigenvalue weighted by Gasteiger charge is 2.25. The van der Waals surface area contributed by atoms with Crippen molar-refractivity contribution in [3.05, 3.63) is 11.7 Å². The van der Waals surface area contributed by atoms with Gasteiger partial charge in [-0.25, -0.2) is 8.78 Å². The maximum absolute atomic E-state index is 12.2. The largest absolute Gasteiger partial charge is 0.340 e. The first-order chi connectivity index (χ1) is 7.65. The molecule has 0 amide bonds. The molecule has 1 aromatic rings. The third-order valence-corrected chi connectivity index (χ3v) is 2.89. The SMILES string of the molecule is Cc1nc(C2CCN(CC(F)F)CC2)no1. The Morgan fingerprint density at radius 3 is 2.62 bits per heavy atom. The van der Waals surface area contributed by atoms with Gasteiger partial charge in [0.2, 0.25) is 5.89 Å². The zero-order chi connectivity index (χ0) is 11.5. The second kappa shape index (κ2) is 4.86. The number of rotatable bonds is 3. The molecule has 1 aromatic heterocycles. The molecule has 6 heteroatoms. The van der Waals surface area contributed by atoms with Crippen LogP contribution in [0.25, 0.3) is 0 Å². The minimum Gasteiger partial charge on any atom is -0.340 e. The molecule has 0 atom stereocenters. The Morgan fingerprint density at radius 1 is 1.44 bits per heavy atom. The van der Waals surface area contributed by atoms with E-state index in [9.17, 15) is 8.78 Å². The van der Waals surface area contributed by atoms with Crippen molar-refractivity contribution in [2.75, 3.05) is 19.6 Å². The van der Waals surface area contributed by atoms with Crippen LogP contribution in [0, 0.1) is 6.92 Å². The highest BCUT2D eigenvalue weighted by atomic mass is 19.3. The number of aryl methyl sites for hydroxylation is 1. The summed E-state index contributed by atoms with van der Waals surface area (Å²) in [6, 6.07) is 0. The fourth-order valence-corrected chi connectivity index (χ4v) is 2.05. The zero-order valence-corrected chi connectivity index (χ0v) is 9.20. The van der Waals surface area contributed by atoms with E-state index in [4.69, 9.17) is 4.52 Å². The highest BCUT2D eigenvalue weighted by Crippen LogP contribution is 2.25. The predicted octanol–water partition coefficient (Wildman–Crippen LogP) is 1.82. The van der Waals surface area contributed by atoms with Crippen molar-refractivity contribution in [1.29, 1.82) is 0 Å². The van der Waals surface area contributed by atoms with Crippen molar-refractivity contribution >= 4 is 0 Å². The number of hydrogen-bond acceptors (Lipinski definition) is 4. The zero-order valence-electron chi connectivity index (χ0n) is 9.20. The molecule has 2 heterocycles. The minimum absolute atomic E-state index is 0.127. The molecule has 2 rings (SSSR count). The van der Waals surface area contributed by atoms with Crippen molar-refractivity contribution in [2.45, 2.75) is 32.1 Å². The van der Waals surface area contributed by atoms with Crippen LogP contribution in [0.4, 0.5) is 8.78 Å². The molecule has 0 bridgehead atoms. The van der Waals surface area contributed by atoms with Crippen LogP contribution in [0.15, 0.2) is 4.52 Å².